The number of aliphatic hydroxyl groups excluding tert-OH is 1. The van der Waals surface area contributed by atoms with Crippen molar-refractivity contribution in [3.05, 3.63) is 75.2 Å². The number of nitrogens with zero attached hydrogens (tertiary/aromatic N) is 3. The van der Waals surface area contributed by atoms with E-state index in [9.17, 15) is 23.5 Å². The molecule has 0 spiro atoms. The van der Waals surface area contributed by atoms with Crippen LogP contribution in [-0.2, 0) is 4.79 Å². The maximum Gasteiger partial charge on any atom is 0.315 e. The quantitative estimate of drug-likeness (QED) is 0.274. The maximum atomic E-state index is 12.9. The number of rotatable bonds is 7. The number of benzene rings is 2. The molecule has 4 aromatic rings. The predicted molar refractivity (Wildman–Crippen MR) is 147 cm³/mol. The van der Waals surface area contributed by atoms with E-state index in [0.29, 0.717) is 51.8 Å². The summed E-state index contributed by atoms with van der Waals surface area (Å²) < 4.78 is 25.6. The van der Waals surface area contributed by atoms with Gasteiger partial charge in [-0.05, 0) is 48.4 Å². The number of amides is 1. The molecule has 0 aliphatic carbocycles. The lowest BCUT2D eigenvalue weighted by Crippen LogP contribution is -2.50. The Morgan fingerprint density at radius 1 is 1.18 bits per heavy atom. The number of aliphatic hydroxyl groups is 1. The molecular formula is C27H27ClF2N6O3. The standard InChI is InChI=1S/C27H27ClF2N6O3/c1-15-11-18(35-7-9-36(10-8-35)27(39)24(29)30)13-20-23(15)34-25(33-20)22-19(5-6-31-26(22)38)32-14-21(37)16-3-2-4-17(28)12-16/h2-6,11-13,21,24,37H,7-10,14H2,1H3,(H,33,34)(H2,31,32,38)/t21-/m1/s1. The van der Waals surface area contributed by atoms with Crippen molar-refractivity contribution >= 4 is 39.9 Å². The van der Waals surface area contributed by atoms with Crippen LogP contribution in [0, 0.1) is 6.92 Å². The van der Waals surface area contributed by atoms with Crippen LogP contribution in [0.3, 0.4) is 0 Å². The zero-order valence-corrected chi connectivity index (χ0v) is 21.8. The monoisotopic (exact) mass is 556 g/mol. The van der Waals surface area contributed by atoms with Crippen LogP contribution in [-0.4, -0.2) is 70.0 Å². The summed E-state index contributed by atoms with van der Waals surface area (Å²) in [6, 6.07) is 12.5. The second-order valence-corrected chi connectivity index (χ2v) is 9.84. The number of alkyl halides is 2. The average Bonchev–Trinajstić information content (AvgIpc) is 3.35. The Bertz CT molecular complexity index is 1560. The zero-order valence-electron chi connectivity index (χ0n) is 21.0. The van der Waals surface area contributed by atoms with Gasteiger partial charge >= 0.3 is 6.43 Å². The molecule has 2 aromatic carbocycles. The Morgan fingerprint density at radius 2 is 1.95 bits per heavy atom. The van der Waals surface area contributed by atoms with E-state index in [-0.39, 0.29) is 25.2 Å². The van der Waals surface area contributed by atoms with Gasteiger partial charge < -0.3 is 30.2 Å². The van der Waals surface area contributed by atoms with Crippen LogP contribution in [0.2, 0.25) is 5.02 Å². The molecule has 12 heteroatoms. The molecule has 39 heavy (non-hydrogen) atoms. The Balaban J connectivity index is 1.39. The number of anilines is 2. The second kappa shape index (κ2) is 11.0. The zero-order chi connectivity index (χ0) is 27.7. The average molecular weight is 557 g/mol. The number of aryl methyl sites for hydroxylation is 1. The lowest BCUT2D eigenvalue weighted by molar-refractivity contribution is -0.143. The van der Waals surface area contributed by atoms with Crippen LogP contribution in [0.25, 0.3) is 22.4 Å². The van der Waals surface area contributed by atoms with Crippen LogP contribution in [0.15, 0.2) is 53.5 Å². The molecule has 0 unspecified atom stereocenters. The first kappa shape index (κ1) is 26.6. The molecule has 1 fully saturated rings. The number of hydrogen-bond acceptors (Lipinski definition) is 6. The third-order valence-corrected chi connectivity index (χ3v) is 7.06. The van der Waals surface area contributed by atoms with Crippen molar-refractivity contribution in [1.29, 1.82) is 0 Å². The molecule has 3 heterocycles. The molecule has 1 aliphatic heterocycles. The number of carbonyl (C=O) groups excluding carboxylic acids is 1. The van der Waals surface area contributed by atoms with Gasteiger partial charge in [-0.25, -0.2) is 4.98 Å². The van der Waals surface area contributed by atoms with Gasteiger partial charge in [-0.15, -0.1) is 0 Å². The van der Waals surface area contributed by atoms with E-state index < -0.39 is 18.4 Å². The summed E-state index contributed by atoms with van der Waals surface area (Å²) in [5, 5.41) is 14.3. The Morgan fingerprint density at radius 3 is 2.67 bits per heavy atom. The minimum absolute atomic E-state index is 0.139. The fourth-order valence-electron chi connectivity index (χ4n) is 4.79. The number of pyridine rings is 1. The van der Waals surface area contributed by atoms with Crippen LogP contribution < -0.4 is 15.8 Å². The summed E-state index contributed by atoms with van der Waals surface area (Å²) in [6.45, 7) is 3.31. The van der Waals surface area contributed by atoms with Gasteiger partial charge in [0.05, 0.1) is 22.8 Å². The summed E-state index contributed by atoms with van der Waals surface area (Å²) in [5.41, 5.74) is 4.22. The summed E-state index contributed by atoms with van der Waals surface area (Å²) in [5.74, 6) is -0.781. The third kappa shape index (κ3) is 5.59. The topological polar surface area (TPSA) is 117 Å². The third-order valence-electron chi connectivity index (χ3n) is 6.82. The normalized spacial score (nSPS) is 14.7. The number of H-pyrrole nitrogens is 2. The van der Waals surface area contributed by atoms with Crippen molar-refractivity contribution in [2.45, 2.75) is 19.5 Å². The van der Waals surface area contributed by atoms with Gasteiger partial charge in [-0.2, -0.15) is 8.78 Å². The summed E-state index contributed by atoms with van der Waals surface area (Å²) in [6.07, 6.45) is -2.34. The minimum atomic E-state index is -3.00. The number of fused-ring (bicyclic) bond motifs is 1. The van der Waals surface area contributed by atoms with E-state index in [4.69, 9.17) is 16.6 Å². The van der Waals surface area contributed by atoms with E-state index in [1.54, 1.807) is 30.3 Å². The summed E-state index contributed by atoms with van der Waals surface area (Å²) in [4.78, 5) is 38.3. The molecule has 204 valence electrons. The van der Waals surface area contributed by atoms with Crippen molar-refractivity contribution in [2.24, 2.45) is 0 Å². The van der Waals surface area contributed by atoms with Crippen molar-refractivity contribution in [3.8, 4) is 11.4 Å². The number of aromatic nitrogens is 3. The molecule has 1 amide bonds. The fourth-order valence-corrected chi connectivity index (χ4v) is 4.99. The van der Waals surface area contributed by atoms with E-state index in [2.05, 4.69) is 15.3 Å². The van der Waals surface area contributed by atoms with Gasteiger partial charge in [0.15, 0.2) is 0 Å². The highest BCUT2D eigenvalue weighted by molar-refractivity contribution is 6.30. The first-order valence-corrected chi connectivity index (χ1v) is 12.8. The SMILES string of the molecule is Cc1cc(N2CCN(C(=O)C(F)F)CC2)cc2[nH]c(-c3c(NC[C@@H](O)c4cccc(Cl)c4)cc[nH]c3=O)nc12. The van der Waals surface area contributed by atoms with E-state index in [1.165, 1.54) is 11.1 Å². The maximum absolute atomic E-state index is 12.9. The number of imidazole rings is 1. The van der Waals surface area contributed by atoms with Gasteiger partial charge in [-0.3, -0.25) is 9.59 Å². The Kier molecular flexibility index (Phi) is 7.53. The Hall–Kier alpha value is -3.96. The molecule has 5 rings (SSSR count). The molecule has 0 radical (unpaired) electrons. The molecule has 1 atom stereocenters. The van der Waals surface area contributed by atoms with Crippen molar-refractivity contribution in [2.75, 3.05) is 42.9 Å². The first-order valence-electron chi connectivity index (χ1n) is 12.4. The smallest absolute Gasteiger partial charge is 0.315 e. The second-order valence-electron chi connectivity index (χ2n) is 9.40. The molecule has 4 N–H and O–H groups in total. The number of hydrogen-bond donors (Lipinski definition) is 4. The first-order chi connectivity index (χ1) is 18.7. The minimum Gasteiger partial charge on any atom is -0.387 e. The fraction of sp³-hybridized carbons (Fsp3) is 0.296. The molecule has 0 bridgehead atoms. The van der Waals surface area contributed by atoms with Gasteiger partial charge in [-0.1, -0.05) is 23.7 Å². The highest BCUT2D eigenvalue weighted by Gasteiger charge is 2.27. The van der Waals surface area contributed by atoms with Gasteiger partial charge in [0, 0.05) is 49.6 Å². The molecule has 2 aromatic heterocycles. The number of aromatic amines is 2. The van der Waals surface area contributed by atoms with Crippen LogP contribution >= 0.6 is 11.6 Å². The Labute approximate surface area is 227 Å². The highest BCUT2D eigenvalue weighted by Crippen LogP contribution is 2.30. The highest BCUT2D eigenvalue weighted by atomic mass is 35.5. The van der Waals surface area contributed by atoms with E-state index in [1.807, 2.05) is 24.0 Å². The number of carbonyl (C=O) groups is 1. The largest absolute Gasteiger partial charge is 0.387 e. The molecule has 1 saturated heterocycles. The number of nitrogens with one attached hydrogen (secondary N) is 3. The van der Waals surface area contributed by atoms with E-state index >= 15 is 0 Å². The van der Waals surface area contributed by atoms with Crippen molar-refractivity contribution in [3.63, 3.8) is 0 Å². The summed E-state index contributed by atoms with van der Waals surface area (Å²) >= 11 is 6.04. The van der Waals surface area contributed by atoms with Crippen LogP contribution in [0.5, 0.6) is 0 Å². The number of halogens is 3. The van der Waals surface area contributed by atoms with Gasteiger partial charge in [0.25, 0.3) is 11.5 Å². The van der Waals surface area contributed by atoms with Crippen molar-refractivity contribution < 1.29 is 18.7 Å². The lowest BCUT2D eigenvalue weighted by atomic mass is 10.1. The van der Waals surface area contributed by atoms with Gasteiger partial charge in [0.1, 0.15) is 11.4 Å². The van der Waals surface area contributed by atoms with E-state index in [0.717, 1.165) is 11.3 Å². The van der Waals surface area contributed by atoms with Gasteiger partial charge in [0.2, 0.25) is 0 Å². The number of piperazine rings is 1. The van der Waals surface area contributed by atoms with Crippen molar-refractivity contribution in [1.82, 2.24) is 19.9 Å². The molecule has 9 nitrogen and oxygen atoms in total. The molecule has 0 saturated carbocycles. The predicted octanol–water partition coefficient (Wildman–Crippen LogP) is 3.94. The lowest BCUT2D eigenvalue weighted by Gasteiger charge is -2.36. The molecular weight excluding hydrogens is 530 g/mol. The summed E-state index contributed by atoms with van der Waals surface area (Å²) in [7, 11) is 0. The molecule has 1 aliphatic rings. The van der Waals surface area contributed by atoms with Crippen LogP contribution in [0.4, 0.5) is 20.2 Å². The van der Waals surface area contributed by atoms with Crippen LogP contribution in [0.1, 0.15) is 17.2 Å².